The van der Waals surface area contributed by atoms with Crippen LogP contribution >= 0.6 is 11.3 Å². The molecule has 84 valence electrons. The smallest absolute Gasteiger partial charge is 0.0983 e. The van der Waals surface area contributed by atoms with Gasteiger partial charge < -0.3 is 10.1 Å². The number of hydrogen-bond acceptors (Lipinski definition) is 4. The summed E-state index contributed by atoms with van der Waals surface area (Å²) in [5.41, 5.74) is 1.16. The number of aromatic nitrogens is 1. The lowest BCUT2D eigenvalue weighted by atomic mass is 10.0. The molecule has 0 saturated carbocycles. The van der Waals surface area contributed by atoms with E-state index in [0.717, 1.165) is 18.9 Å². The van der Waals surface area contributed by atoms with Gasteiger partial charge in [0.05, 0.1) is 17.3 Å². The van der Waals surface area contributed by atoms with E-state index in [4.69, 9.17) is 4.74 Å². The van der Waals surface area contributed by atoms with Gasteiger partial charge in [0, 0.05) is 23.9 Å². The summed E-state index contributed by atoms with van der Waals surface area (Å²) in [4.78, 5) is 4.68. The molecule has 1 aliphatic rings. The first-order chi connectivity index (χ1) is 7.31. The Kier molecular flexibility index (Phi) is 3.72. The Morgan fingerprint density at radius 1 is 1.67 bits per heavy atom. The molecule has 0 spiro atoms. The monoisotopic (exact) mass is 226 g/mol. The van der Waals surface area contributed by atoms with Crippen molar-refractivity contribution in [1.82, 2.24) is 10.3 Å². The molecule has 2 rings (SSSR count). The molecule has 0 bridgehead atoms. The van der Waals surface area contributed by atoms with E-state index in [0.29, 0.717) is 12.0 Å². The topological polar surface area (TPSA) is 34.1 Å². The third kappa shape index (κ3) is 2.56. The molecule has 3 nitrogen and oxygen atoms in total. The number of nitrogens with zero attached hydrogens (tertiary/aromatic N) is 1. The molecule has 1 fully saturated rings. The molecule has 0 aromatic carbocycles. The fourth-order valence-electron chi connectivity index (χ4n) is 1.77. The Morgan fingerprint density at radius 3 is 3.20 bits per heavy atom. The molecule has 1 N–H and O–H groups in total. The van der Waals surface area contributed by atoms with Crippen molar-refractivity contribution in [3.8, 4) is 0 Å². The maximum atomic E-state index is 5.48. The average molecular weight is 226 g/mol. The molecule has 15 heavy (non-hydrogen) atoms. The van der Waals surface area contributed by atoms with Gasteiger partial charge in [-0.05, 0) is 26.8 Å². The minimum atomic E-state index is 0.347. The lowest BCUT2D eigenvalue weighted by molar-refractivity contribution is 0.0803. The van der Waals surface area contributed by atoms with Crippen LogP contribution in [0.1, 0.15) is 42.4 Å². The minimum Gasteiger partial charge on any atom is -0.381 e. The number of rotatable bonds is 3. The van der Waals surface area contributed by atoms with Crippen LogP contribution in [0, 0.1) is 0 Å². The van der Waals surface area contributed by atoms with Gasteiger partial charge in [0.2, 0.25) is 0 Å². The Labute approximate surface area is 94.9 Å². The van der Waals surface area contributed by atoms with Crippen molar-refractivity contribution in [3.05, 3.63) is 16.1 Å². The van der Waals surface area contributed by atoms with E-state index in [1.54, 1.807) is 11.3 Å². The Bertz CT molecular complexity index is 307. The van der Waals surface area contributed by atoms with E-state index in [2.05, 4.69) is 22.6 Å². The van der Waals surface area contributed by atoms with Gasteiger partial charge in [0.15, 0.2) is 0 Å². The quantitative estimate of drug-likeness (QED) is 0.859. The van der Waals surface area contributed by atoms with Gasteiger partial charge in [-0.3, -0.25) is 0 Å². The predicted molar refractivity (Wildman–Crippen MR) is 62.4 cm³/mol. The van der Waals surface area contributed by atoms with E-state index in [1.165, 1.54) is 17.8 Å². The van der Waals surface area contributed by atoms with Crippen molar-refractivity contribution < 1.29 is 4.74 Å². The van der Waals surface area contributed by atoms with Gasteiger partial charge in [0.25, 0.3) is 0 Å². The van der Waals surface area contributed by atoms with Crippen LogP contribution in [0.15, 0.2) is 5.38 Å². The number of thiazole rings is 1. The Balaban J connectivity index is 2.05. The normalized spacial score (nSPS) is 24.0. The second-order valence-electron chi connectivity index (χ2n) is 4.04. The zero-order valence-electron chi connectivity index (χ0n) is 9.32. The second kappa shape index (κ2) is 5.05. The van der Waals surface area contributed by atoms with Crippen LogP contribution in [0.2, 0.25) is 0 Å². The highest BCUT2D eigenvalue weighted by Gasteiger charge is 2.20. The lowest BCUT2D eigenvalue weighted by Gasteiger charge is -2.19. The zero-order valence-corrected chi connectivity index (χ0v) is 10.1. The standard InChI is InChI=1S/C11H18N2OS/c1-8(12-2)10-7-15-11(13-10)9-4-3-5-14-6-9/h7-9,12H,3-6H2,1-2H3. The van der Waals surface area contributed by atoms with E-state index in [-0.39, 0.29) is 0 Å². The summed E-state index contributed by atoms with van der Waals surface area (Å²) in [5, 5.41) is 6.61. The second-order valence-corrected chi connectivity index (χ2v) is 4.92. The van der Waals surface area contributed by atoms with Crippen molar-refractivity contribution in [2.24, 2.45) is 0 Å². The molecule has 0 aliphatic carbocycles. The summed E-state index contributed by atoms with van der Waals surface area (Å²) in [6.45, 7) is 3.90. The van der Waals surface area contributed by atoms with Gasteiger partial charge in [-0.2, -0.15) is 0 Å². The van der Waals surface area contributed by atoms with Crippen molar-refractivity contribution in [1.29, 1.82) is 0 Å². The molecule has 1 saturated heterocycles. The molecule has 2 heterocycles. The highest BCUT2D eigenvalue weighted by molar-refractivity contribution is 7.09. The summed E-state index contributed by atoms with van der Waals surface area (Å²) >= 11 is 1.77. The molecule has 1 aromatic heterocycles. The maximum Gasteiger partial charge on any atom is 0.0983 e. The fraction of sp³-hybridized carbons (Fsp3) is 0.727. The maximum absolute atomic E-state index is 5.48. The first-order valence-corrected chi connectivity index (χ1v) is 6.39. The van der Waals surface area contributed by atoms with Crippen molar-refractivity contribution >= 4 is 11.3 Å². The van der Waals surface area contributed by atoms with Crippen LogP contribution in [0.4, 0.5) is 0 Å². The van der Waals surface area contributed by atoms with Gasteiger partial charge >= 0.3 is 0 Å². The summed E-state index contributed by atoms with van der Waals surface area (Å²) < 4.78 is 5.48. The Hall–Kier alpha value is -0.450. The molecular weight excluding hydrogens is 208 g/mol. The van der Waals surface area contributed by atoms with Crippen LogP contribution in [0.25, 0.3) is 0 Å². The van der Waals surface area contributed by atoms with Crippen molar-refractivity contribution in [2.45, 2.75) is 31.7 Å². The van der Waals surface area contributed by atoms with E-state index in [1.807, 2.05) is 7.05 Å². The summed E-state index contributed by atoms with van der Waals surface area (Å²) in [5.74, 6) is 0.529. The molecule has 1 aromatic rings. The lowest BCUT2D eigenvalue weighted by Crippen LogP contribution is -2.16. The zero-order chi connectivity index (χ0) is 10.7. The van der Waals surface area contributed by atoms with Crippen molar-refractivity contribution in [3.63, 3.8) is 0 Å². The van der Waals surface area contributed by atoms with E-state index in [9.17, 15) is 0 Å². The molecule has 2 unspecified atom stereocenters. The SMILES string of the molecule is CNC(C)c1csc(C2CCCOC2)n1. The third-order valence-corrected chi connectivity index (χ3v) is 3.95. The average Bonchev–Trinajstić information content (AvgIpc) is 2.78. The highest BCUT2D eigenvalue weighted by Crippen LogP contribution is 2.29. The summed E-state index contributed by atoms with van der Waals surface area (Å²) in [7, 11) is 1.97. The number of nitrogens with one attached hydrogen (secondary N) is 1. The molecule has 4 heteroatoms. The van der Waals surface area contributed by atoms with E-state index < -0.39 is 0 Å². The fourth-order valence-corrected chi connectivity index (χ4v) is 2.81. The predicted octanol–water partition coefficient (Wildman–Crippen LogP) is 2.32. The van der Waals surface area contributed by atoms with E-state index >= 15 is 0 Å². The third-order valence-electron chi connectivity index (χ3n) is 2.93. The first-order valence-electron chi connectivity index (χ1n) is 5.51. The molecule has 0 amide bonds. The highest BCUT2D eigenvalue weighted by atomic mass is 32.1. The van der Waals surface area contributed by atoms with Crippen molar-refractivity contribution in [2.75, 3.05) is 20.3 Å². The van der Waals surface area contributed by atoms with Gasteiger partial charge in [0.1, 0.15) is 0 Å². The van der Waals surface area contributed by atoms with Crippen LogP contribution in [-0.4, -0.2) is 25.2 Å². The number of hydrogen-bond donors (Lipinski definition) is 1. The Morgan fingerprint density at radius 2 is 2.53 bits per heavy atom. The van der Waals surface area contributed by atoms with Gasteiger partial charge in [-0.15, -0.1) is 11.3 Å². The number of ether oxygens (including phenoxy) is 1. The van der Waals surface area contributed by atoms with Crippen LogP contribution in [0.5, 0.6) is 0 Å². The summed E-state index contributed by atoms with van der Waals surface area (Å²) in [6, 6.07) is 0.347. The summed E-state index contributed by atoms with van der Waals surface area (Å²) in [6.07, 6.45) is 2.39. The minimum absolute atomic E-state index is 0.347. The van der Waals surface area contributed by atoms with Crippen LogP contribution < -0.4 is 5.32 Å². The molecule has 2 atom stereocenters. The molecule has 0 radical (unpaired) electrons. The van der Waals surface area contributed by atoms with Crippen LogP contribution in [-0.2, 0) is 4.74 Å². The first kappa shape index (κ1) is 11.0. The largest absolute Gasteiger partial charge is 0.381 e. The van der Waals surface area contributed by atoms with Gasteiger partial charge in [-0.1, -0.05) is 0 Å². The molecular formula is C11H18N2OS. The molecule has 1 aliphatic heterocycles. The van der Waals surface area contributed by atoms with Gasteiger partial charge in [-0.25, -0.2) is 4.98 Å². The van der Waals surface area contributed by atoms with Crippen LogP contribution in [0.3, 0.4) is 0 Å².